The third-order valence-electron chi connectivity index (χ3n) is 4.93. The van der Waals surface area contributed by atoms with Crippen LogP contribution in [0.1, 0.15) is 29.6 Å². The van der Waals surface area contributed by atoms with Crippen molar-refractivity contribution in [3.05, 3.63) is 22.4 Å². The molecular weight excluding hydrogens is 334 g/mol. The van der Waals surface area contributed by atoms with Crippen LogP contribution in [0.5, 0.6) is 0 Å². The van der Waals surface area contributed by atoms with Crippen molar-refractivity contribution in [1.29, 1.82) is 0 Å². The number of nitrogens with two attached hydrogens (primary N) is 1. The van der Waals surface area contributed by atoms with Crippen LogP contribution in [-0.4, -0.2) is 54.3 Å². The number of carbonyl (C=O) groups excluding carboxylic acids is 2. The van der Waals surface area contributed by atoms with Crippen LogP contribution in [0.3, 0.4) is 0 Å². The summed E-state index contributed by atoms with van der Waals surface area (Å²) >= 11 is 1.53. The number of rotatable bonds is 3. The van der Waals surface area contributed by atoms with Crippen LogP contribution in [0.15, 0.2) is 16.8 Å². The fourth-order valence-corrected chi connectivity index (χ4v) is 4.21. The minimum absolute atomic E-state index is 0. The summed E-state index contributed by atoms with van der Waals surface area (Å²) in [5, 5.41) is 3.80. The summed E-state index contributed by atoms with van der Waals surface area (Å²) in [4.78, 5) is 28.7. The van der Waals surface area contributed by atoms with Crippen molar-refractivity contribution in [3.8, 4) is 0 Å². The first-order chi connectivity index (χ1) is 10.7. The van der Waals surface area contributed by atoms with Gasteiger partial charge in [-0.1, -0.05) is 6.42 Å². The molecule has 2 heterocycles. The van der Waals surface area contributed by atoms with Crippen LogP contribution in [0, 0.1) is 11.8 Å². The Labute approximate surface area is 147 Å². The third kappa shape index (κ3) is 3.87. The van der Waals surface area contributed by atoms with E-state index >= 15 is 0 Å². The lowest BCUT2D eigenvalue weighted by atomic mass is 9.94. The fourth-order valence-electron chi connectivity index (χ4n) is 3.58. The number of amides is 2. The second-order valence-corrected chi connectivity index (χ2v) is 6.94. The number of piperazine rings is 1. The maximum absolute atomic E-state index is 12.6. The second-order valence-electron chi connectivity index (χ2n) is 6.16. The number of nitrogens with zero attached hydrogens (tertiary/aromatic N) is 2. The SMILES string of the molecule is Cl.NC[C@H]1CCC[C@H]1C(=O)N1CCN(C(=O)c2ccsc2)CC1. The Hall–Kier alpha value is -1.11. The van der Waals surface area contributed by atoms with E-state index in [1.54, 1.807) is 0 Å². The summed E-state index contributed by atoms with van der Waals surface area (Å²) < 4.78 is 0. The molecule has 0 radical (unpaired) electrons. The zero-order valence-electron chi connectivity index (χ0n) is 13.1. The van der Waals surface area contributed by atoms with E-state index in [-0.39, 0.29) is 30.1 Å². The van der Waals surface area contributed by atoms with Gasteiger partial charge in [0.1, 0.15) is 0 Å². The lowest BCUT2D eigenvalue weighted by Crippen LogP contribution is -2.52. The average molecular weight is 358 g/mol. The average Bonchev–Trinajstić information content (AvgIpc) is 3.24. The first-order valence-electron chi connectivity index (χ1n) is 8.01. The molecule has 1 saturated heterocycles. The molecular formula is C16H24ClN3O2S. The zero-order valence-corrected chi connectivity index (χ0v) is 14.8. The Morgan fingerprint density at radius 3 is 2.48 bits per heavy atom. The lowest BCUT2D eigenvalue weighted by molar-refractivity contribution is -0.138. The summed E-state index contributed by atoms with van der Waals surface area (Å²) in [5.74, 6) is 0.770. The molecule has 5 nitrogen and oxygen atoms in total. The predicted molar refractivity (Wildman–Crippen MR) is 93.9 cm³/mol. The maximum Gasteiger partial charge on any atom is 0.254 e. The smallest absolute Gasteiger partial charge is 0.254 e. The molecule has 2 fully saturated rings. The quantitative estimate of drug-likeness (QED) is 0.897. The highest BCUT2D eigenvalue weighted by Crippen LogP contribution is 2.32. The zero-order chi connectivity index (χ0) is 15.5. The van der Waals surface area contributed by atoms with E-state index in [0.717, 1.165) is 24.8 Å². The first-order valence-corrected chi connectivity index (χ1v) is 8.95. The Kier molecular flexibility index (Phi) is 6.44. The molecule has 0 aromatic carbocycles. The van der Waals surface area contributed by atoms with Crippen LogP contribution in [-0.2, 0) is 4.79 Å². The van der Waals surface area contributed by atoms with Gasteiger partial charge in [-0.15, -0.1) is 12.4 Å². The van der Waals surface area contributed by atoms with Crippen molar-refractivity contribution in [2.75, 3.05) is 32.7 Å². The molecule has 7 heteroatoms. The molecule has 0 bridgehead atoms. The van der Waals surface area contributed by atoms with Crippen LogP contribution in [0.2, 0.25) is 0 Å². The van der Waals surface area contributed by atoms with Crippen molar-refractivity contribution in [1.82, 2.24) is 9.80 Å². The molecule has 1 aromatic heterocycles. The van der Waals surface area contributed by atoms with Gasteiger partial charge in [-0.25, -0.2) is 0 Å². The molecule has 1 aliphatic heterocycles. The van der Waals surface area contributed by atoms with Crippen molar-refractivity contribution >= 4 is 35.6 Å². The van der Waals surface area contributed by atoms with Gasteiger partial charge in [0.2, 0.25) is 5.91 Å². The van der Waals surface area contributed by atoms with Gasteiger partial charge in [-0.3, -0.25) is 9.59 Å². The molecule has 23 heavy (non-hydrogen) atoms. The number of halogens is 1. The van der Waals surface area contributed by atoms with Crippen molar-refractivity contribution in [2.24, 2.45) is 17.6 Å². The maximum atomic E-state index is 12.6. The van der Waals surface area contributed by atoms with E-state index in [4.69, 9.17) is 5.73 Å². The highest BCUT2D eigenvalue weighted by Gasteiger charge is 2.36. The van der Waals surface area contributed by atoms with Gasteiger partial charge in [0.15, 0.2) is 0 Å². The molecule has 1 aliphatic carbocycles. The van der Waals surface area contributed by atoms with Gasteiger partial charge in [0.05, 0.1) is 5.56 Å². The number of thiophene rings is 1. The molecule has 0 spiro atoms. The van der Waals surface area contributed by atoms with Crippen molar-refractivity contribution < 1.29 is 9.59 Å². The second kappa shape index (κ2) is 8.13. The molecule has 2 aliphatic rings. The van der Waals surface area contributed by atoms with Gasteiger partial charge in [0.25, 0.3) is 5.91 Å². The number of hydrogen-bond donors (Lipinski definition) is 1. The summed E-state index contributed by atoms with van der Waals surface area (Å²) in [6, 6.07) is 1.86. The fraction of sp³-hybridized carbons (Fsp3) is 0.625. The minimum atomic E-state index is 0. The molecule has 3 rings (SSSR count). The minimum Gasteiger partial charge on any atom is -0.339 e. The molecule has 2 amide bonds. The van der Waals surface area contributed by atoms with Crippen molar-refractivity contribution in [3.63, 3.8) is 0 Å². The standard InChI is InChI=1S/C16H23N3O2S.ClH/c17-10-12-2-1-3-14(12)16(21)19-7-5-18(6-8-19)15(20)13-4-9-22-11-13;/h4,9,11-12,14H,1-3,5-8,10,17H2;1H/t12-,14-;/m1./s1. The van der Waals surface area contributed by atoms with Gasteiger partial charge >= 0.3 is 0 Å². The van der Waals surface area contributed by atoms with Crippen molar-refractivity contribution in [2.45, 2.75) is 19.3 Å². The molecule has 0 unspecified atom stereocenters. The molecule has 1 saturated carbocycles. The summed E-state index contributed by atoms with van der Waals surface area (Å²) in [5.41, 5.74) is 6.54. The van der Waals surface area contributed by atoms with E-state index in [1.807, 2.05) is 26.6 Å². The van der Waals surface area contributed by atoms with E-state index in [0.29, 0.717) is 38.6 Å². The number of hydrogen-bond acceptors (Lipinski definition) is 4. The first kappa shape index (κ1) is 18.2. The Morgan fingerprint density at radius 2 is 1.87 bits per heavy atom. The van der Waals surface area contributed by atoms with E-state index in [1.165, 1.54) is 11.3 Å². The third-order valence-corrected chi connectivity index (χ3v) is 5.61. The monoisotopic (exact) mass is 357 g/mol. The lowest BCUT2D eigenvalue weighted by Gasteiger charge is -2.36. The van der Waals surface area contributed by atoms with E-state index < -0.39 is 0 Å². The summed E-state index contributed by atoms with van der Waals surface area (Å²) in [7, 11) is 0. The summed E-state index contributed by atoms with van der Waals surface area (Å²) in [6.07, 6.45) is 3.15. The predicted octanol–water partition coefficient (Wildman–Crippen LogP) is 1.83. The molecule has 2 N–H and O–H groups in total. The Morgan fingerprint density at radius 1 is 1.17 bits per heavy atom. The van der Waals surface area contributed by atoms with E-state index in [9.17, 15) is 9.59 Å². The van der Waals surface area contributed by atoms with Crippen LogP contribution in [0.4, 0.5) is 0 Å². The van der Waals surface area contributed by atoms with Gasteiger partial charge in [-0.2, -0.15) is 11.3 Å². The largest absolute Gasteiger partial charge is 0.339 e. The topological polar surface area (TPSA) is 66.6 Å². The van der Waals surface area contributed by atoms with Gasteiger partial charge < -0.3 is 15.5 Å². The highest BCUT2D eigenvalue weighted by atomic mass is 35.5. The van der Waals surface area contributed by atoms with Crippen LogP contribution in [0.25, 0.3) is 0 Å². The molecule has 1 aromatic rings. The van der Waals surface area contributed by atoms with Gasteiger partial charge in [0, 0.05) is 37.5 Å². The highest BCUT2D eigenvalue weighted by molar-refractivity contribution is 7.08. The van der Waals surface area contributed by atoms with Crippen LogP contribution < -0.4 is 5.73 Å². The Bertz CT molecular complexity index is 529. The Balaban J connectivity index is 0.00000192. The molecule has 2 atom stereocenters. The molecule has 128 valence electrons. The van der Waals surface area contributed by atoms with Crippen LogP contribution >= 0.6 is 23.7 Å². The van der Waals surface area contributed by atoms with E-state index in [2.05, 4.69) is 0 Å². The van der Waals surface area contributed by atoms with Gasteiger partial charge in [-0.05, 0) is 36.8 Å². The number of carbonyl (C=O) groups is 2. The summed E-state index contributed by atoms with van der Waals surface area (Å²) in [6.45, 7) is 3.14. The normalized spacial score (nSPS) is 24.4.